The van der Waals surface area contributed by atoms with Crippen molar-refractivity contribution < 1.29 is 4.79 Å². The second kappa shape index (κ2) is 4.77. The van der Waals surface area contributed by atoms with Crippen molar-refractivity contribution in [3.8, 4) is 0 Å². The number of ketones is 1. The first kappa shape index (κ1) is 10.7. The molecule has 1 aromatic heterocycles. The third-order valence-electron chi connectivity index (χ3n) is 1.50. The minimum Gasteiger partial charge on any atom is -0.383 e. The summed E-state index contributed by atoms with van der Waals surface area (Å²) in [7, 11) is 3.68. The summed E-state index contributed by atoms with van der Waals surface area (Å²) in [5, 5.41) is 0.515. The highest BCUT2D eigenvalue weighted by atomic mass is 35.5. The lowest BCUT2D eigenvalue weighted by atomic mass is 10.2. The van der Waals surface area contributed by atoms with Crippen LogP contribution in [-0.2, 0) is 0 Å². The van der Waals surface area contributed by atoms with Gasteiger partial charge in [0.25, 0.3) is 0 Å². The fourth-order valence-electron chi connectivity index (χ4n) is 0.842. The average Bonchev–Trinajstić information content (AvgIpc) is 2.14. The molecule has 0 aliphatic carbocycles. The smallest absolute Gasteiger partial charge is 0.205 e. The zero-order chi connectivity index (χ0) is 10.6. The molecule has 0 amide bonds. The number of nitrogens with zero attached hydrogens (tertiary/aromatic N) is 2. The van der Waals surface area contributed by atoms with Crippen LogP contribution in [-0.4, -0.2) is 29.8 Å². The maximum absolute atomic E-state index is 11.5. The Morgan fingerprint density at radius 2 is 2.29 bits per heavy atom. The van der Waals surface area contributed by atoms with Crippen molar-refractivity contribution in [1.29, 1.82) is 0 Å². The van der Waals surface area contributed by atoms with Gasteiger partial charge in [-0.05, 0) is 12.1 Å². The van der Waals surface area contributed by atoms with Gasteiger partial charge >= 0.3 is 0 Å². The van der Waals surface area contributed by atoms with E-state index in [4.69, 9.17) is 11.6 Å². The van der Waals surface area contributed by atoms with E-state index in [-0.39, 0.29) is 5.78 Å². The van der Waals surface area contributed by atoms with Gasteiger partial charge in [0.05, 0.1) is 0 Å². The van der Waals surface area contributed by atoms with Crippen LogP contribution < -0.4 is 0 Å². The van der Waals surface area contributed by atoms with Crippen LogP contribution in [0.3, 0.4) is 0 Å². The van der Waals surface area contributed by atoms with Crippen molar-refractivity contribution in [3.05, 3.63) is 41.3 Å². The second-order valence-corrected chi connectivity index (χ2v) is 3.44. The van der Waals surface area contributed by atoms with Gasteiger partial charge in [0.15, 0.2) is 0 Å². The lowest BCUT2D eigenvalue weighted by Crippen LogP contribution is -2.04. The Labute approximate surface area is 88.0 Å². The molecule has 14 heavy (non-hydrogen) atoms. The van der Waals surface area contributed by atoms with Gasteiger partial charge in [-0.25, -0.2) is 0 Å². The molecule has 0 aliphatic heterocycles. The molecule has 4 heteroatoms. The lowest BCUT2D eigenvalue weighted by molar-refractivity contribution is 0.104. The Bertz CT molecular complexity index is 361. The molecule has 0 unspecified atom stereocenters. The minimum absolute atomic E-state index is 0.152. The van der Waals surface area contributed by atoms with Crippen molar-refractivity contribution >= 4 is 17.4 Å². The molecule has 0 N–H and O–H groups in total. The summed E-state index contributed by atoms with van der Waals surface area (Å²) in [5.41, 5.74) is 0.357. The van der Waals surface area contributed by atoms with Crippen LogP contribution in [0.2, 0.25) is 5.02 Å². The van der Waals surface area contributed by atoms with Gasteiger partial charge in [-0.15, -0.1) is 0 Å². The molecule has 1 aromatic rings. The van der Waals surface area contributed by atoms with Gasteiger partial charge in [-0.2, -0.15) is 0 Å². The Morgan fingerprint density at radius 3 is 2.86 bits per heavy atom. The molecule has 0 aliphatic rings. The zero-order valence-electron chi connectivity index (χ0n) is 8.07. The molecular formula is C10H11ClN2O. The fourth-order valence-corrected chi connectivity index (χ4v) is 1.00. The lowest BCUT2D eigenvalue weighted by Gasteiger charge is -2.02. The minimum atomic E-state index is -0.152. The monoisotopic (exact) mass is 210 g/mol. The standard InChI is InChI=1S/C10H11ClN2O/c1-13(2)6-4-10(14)9-7-8(11)3-5-12-9/h3-7H,1-2H3. The largest absolute Gasteiger partial charge is 0.383 e. The summed E-state index contributed by atoms with van der Waals surface area (Å²) in [5.74, 6) is -0.152. The Kier molecular flexibility index (Phi) is 3.65. The van der Waals surface area contributed by atoms with Crippen molar-refractivity contribution in [2.24, 2.45) is 0 Å². The van der Waals surface area contributed by atoms with Gasteiger partial charge in [0.1, 0.15) is 5.69 Å². The second-order valence-electron chi connectivity index (χ2n) is 3.00. The van der Waals surface area contributed by atoms with E-state index in [2.05, 4.69) is 4.98 Å². The molecule has 0 fully saturated rings. The molecule has 0 radical (unpaired) electrons. The molecule has 3 nitrogen and oxygen atoms in total. The molecule has 0 aromatic carbocycles. The van der Waals surface area contributed by atoms with Crippen LogP contribution in [0.4, 0.5) is 0 Å². The van der Waals surface area contributed by atoms with E-state index >= 15 is 0 Å². The topological polar surface area (TPSA) is 33.2 Å². The third kappa shape index (κ3) is 3.18. The Morgan fingerprint density at radius 1 is 1.57 bits per heavy atom. The summed E-state index contributed by atoms with van der Waals surface area (Å²) in [6.45, 7) is 0. The number of hydrogen-bond acceptors (Lipinski definition) is 3. The third-order valence-corrected chi connectivity index (χ3v) is 1.73. The fraction of sp³-hybridized carbons (Fsp3) is 0.200. The number of carbonyl (C=O) groups is 1. The van der Waals surface area contributed by atoms with Crippen molar-refractivity contribution in [3.63, 3.8) is 0 Å². The molecule has 1 rings (SSSR count). The van der Waals surface area contributed by atoms with Gasteiger partial charge in [0, 0.05) is 37.6 Å². The number of rotatable bonds is 3. The van der Waals surface area contributed by atoms with E-state index in [1.54, 1.807) is 23.2 Å². The van der Waals surface area contributed by atoms with E-state index in [1.165, 1.54) is 12.3 Å². The number of carbonyl (C=O) groups excluding carboxylic acids is 1. The van der Waals surface area contributed by atoms with Gasteiger partial charge in [0.2, 0.25) is 5.78 Å². The highest BCUT2D eigenvalue weighted by molar-refractivity contribution is 6.30. The predicted molar refractivity (Wildman–Crippen MR) is 56.4 cm³/mol. The summed E-state index contributed by atoms with van der Waals surface area (Å²) >= 11 is 5.72. The van der Waals surface area contributed by atoms with Crippen molar-refractivity contribution in [2.45, 2.75) is 0 Å². The molecule has 0 spiro atoms. The predicted octanol–water partition coefficient (Wildman–Crippen LogP) is 1.99. The van der Waals surface area contributed by atoms with Crippen LogP contribution >= 0.6 is 11.6 Å². The van der Waals surface area contributed by atoms with Crippen molar-refractivity contribution in [1.82, 2.24) is 9.88 Å². The van der Waals surface area contributed by atoms with E-state index in [1.807, 2.05) is 14.1 Å². The average molecular weight is 211 g/mol. The summed E-state index contributed by atoms with van der Waals surface area (Å²) in [4.78, 5) is 17.2. The first-order valence-corrected chi connectivity index (χ1v) is 4.48. The van der Waals surface area contributed by atoms with Crippen LogP contribution in [0, 0.1) is 0 Å². The van der Waals surface area contributed by atoms with Crippen LogP contribution in [0.1, 0.15) is 10.5 Å². The number of halogens is 1. The van der Waals surface area contributed by atoms with Crippen molar-refractivity contribution in [2.75, 3.05) is 14.1 Å². The SMILES string of the molecule is CN(C)C=CC(=O)c1cc(Cl)ccn1. The molecule has 0 saturated heterocycles. The molecule has 1 heterocycles. The normalized spacial score (nSPS) is 10.5. The maximum atomic E-state index is 11.5. The number of pyridine rings is 1. The van der Waals surface area contributed by atoms with Gasteiger partial charge in [-0.1, -0.05) is 11.6 Å². The summed E-state index contributed by atoms with van der Waals surface area (Å²) < 4.78 is 0. The van der Waals surface area contributed by atoms with Crippen LogP contribution in [0.25, 0.3) is 0 Å². The molecule has 74 valence electrons. The maximum Gasteiger partial charge on any atom is 0.205 e. The summed E-state index contributed by atoms with van der Waals surface area (Å²) in [6, 6.07) is 3.18. The van der Waals surface area contributed by atoms with E-state index in [0.29, 0.717) is 10.7 Å². The summed E-state index contributed by atoms with van der Waals surface area (Å²) in [6.07, 6.45) is 4.64. The Hall–Kier alpha value is -1.35. The van der Waals surface area contributed by atoms with Gasteiger partial charge < -0.3 is 4.90 Å². The highest BCUT2D eigenvalue weighted by Gasteiger charge is 2.03. The quantitative estimate of drug-likeness (QED) is 0.565. The molecule has 0 atom stereocenters. The first-order chi connectivity index (χ1) is 6.59. The molecule has 0 bridgehead atoms. The highest BCUT2D eigenvalue weighted by Crippen LogP contribution is 2.08. The number of aromatic nitrogens is 1. The zero-order valence-corrected chi connectivity index (χ0v) is 8.82. The van der Waals surface area contributed by atoms with E-state index < -0.39 is 0 Å². The van der Waals surface area contributed by atoms with Gasteiger partial charge in [-0.3, -0.25) is 9.78 Å². The Balaban J connectivity index is 2.80. The number of allylic oxidation sites excluding steroid dienone is 1. The molecular weight excluding hydrogens is 200 g/mol. The van der Waals surface area contributed by atoms with E-state index in [0.717, 1.165) is 0 Å². The first-order valence-electron chi connectivity index (χ1n) is 4.10. The van der Waals surface area contributed by atoms with E-state index in [9.17, 15) is 4.79 Å². The van der Waals surface area contributed by atoms with Crippen LogP contribution in [0.15, 0.2) is 30.6 Å². The molecule has 0 saturated carbocycles. The van der Waals surface area contributed by atoms with Crippen LogP contribution in [0.5, 0.6) is 0 Å². The number of hydrogen-bond donors (Lipinski definition) is 0.